The number of anilines is 2. The number of nitrogens with zero attached hydrogens (tertiary/aromatic N) is 1. The molecule has 0 aliphatic carbocycles. The van der Waals surface area contributed by atoms with Crippen molar-refractivity contribution >= 4 is 34.1 Å². The van der Waals surface area contributed by atoms with Crippen LogP contribution >= 0.6 is 0 Å². The Kier molecular flexibility index (Phi) is 6.29. The third kappa shape index (κ3) is 4.86. The van der Waals surface area contributed by atoms with Gasteiger partial charge in [-0.05, 0) is 55.8 Å². The second kappa shape index (κ2) is 9.84. The summed E-state index contributed by atoms with van der Waals surface area (Å²) in [7, 11) is 0. The van der Waals surface area contributed by atoms with Crippen molar-refractivity contribution in [1.29, 1.82) is 0 Å². The Morgan fingerprint density at radius 2 is 1.33 bits per heavy atom. The fraction of sp³-hybridized carbons (Fsp3) is 0.0645. The first-order valence-electron chi connectivity index (χ1n) is 11.7. The lowest BCUT2D eigenvalue weighted by Crippen LogP contribution is -2.14. The van der Waals surface area contributed by atoms with Crippen LogP contribution in [0.1, 0.15) is 31.8 Å². The Morgan fingerprint density at radius 3 is 2.06 bits per heavy atom. The van der Waals surface area contributed by atoms with E-state index >= 15 is 0 Å². The van der Waals surface area contributed by atoms with Crippen molar-refractivity contribution in [3.63, 3.8) is 0 Å². The number of carbonyl (C=O) groups is 2. The Hall–Kier alpha value is -4.77. The van der Waals surface area contributed by atoms with Gasteiger partial charge in [0.2, 0.25) is 0 Å². The van der Waals surface area contributed by atoms with E-state index in [0.717, 1.165) is 33.3 Å². The SMILES string of the molecule is Cc1ccc(-c2cc(C(=O)Nc3cccc(NC(=O)c4ccccc4)c3)c3cccc(C)c3n2)cc1. The molecular formula is C31H25N3O2. The van der Waals surface area contributed by atoms with E-state index < -0.39 is 0 Å². The van der Waals surface area contributed by atoms with Gasteiger partial charge >= 0.3 is 0 Å². The van der Waals surface area contributed by atoms with Crippen LogP contribution in [0.2, 0.25) is 0 Å². The zero-order chi connectivity index (χ0) is 25.1. The number of nitrogens with one attached hydrogen (secondary N) is 2. The minimum atomic E-state index is -0.243. The normalized spacial score (nSPS) is 10.7. The summed E-state index contributed by atoms with van der Waals surface area (Å²) in [6, 6.07) is 31.9. The second-order valence-electron chi connectivity index (χ2n) is 8.75. The van der Waals surface area contributed by atoms with Crippen LogP contribution in [0.15, 0.2) is 103 Å². The highest BCUT2D eigenvalue weighted by atomic mass is 16.2. The molecule has 2 amide bonds. The zero-order valence-corrected chi connectivity index (χ0v) is 20.1. The highest BCUT2D eigenvalue weighted by Gasteiger charge is 2.16. The Bertz CT molecular complexity index is 1580. The maximum Gasteiger partial charge on any atom is 0.256 e. The molecule has 0 saturated heterocycles. The molecule has 0 spiro atoms. The summed E-state index contributed by atoms with van der Waals surface area (Å²) in [5.74, 6) is -0.453. The Balaban J connectivity index is 1.46. The molecule has 0 fully saturated rings. The van der Waals surface area contributed by atoms with Gasteiger partial charge in [0.15, 0.2) is 0 Å². The first kappa shape index (κ1) is 23.0. The van der Waals surface area contributed by atoms with E-state index in [-0.39, 0.29) is 11.8 Å². The molecule has 4 aromatic carbocycles. The zero-order valence-electron chi connectivity index (χ0n) is 20.1. The van der Waals surface area contributed by atoms with Crippen LogP contribution in [0.3, 0.4) is 0 Å². The van der Waals surface area contributed by atoms with Crippen molar-refractivity contribution in [3.8, 4) is 11.3 Å². The van der Waals surface area contributed by atoms with Gasteiger partial charge < -0.3 is 10.6 Å². The number of rotatable bonds is 5. The van der Waals surface area contributed by atoms with Gasteiger partial charge in [0.05, 0.1) is 16.8 Å². The molecule has 0 radical (unpaired) electrons. The fourth-order valence-electron chi connectivity index (χ4n) is 4.12. The lowest BCUT2D eigenvalue weighted by atomic mass is 10.0. The molecule has 36 heavy (non-hydrogen) atoms. The first-order valence-corrected chi connectivity index (χ1v) is 11.7. The minimum Gasteiger partial charge on any atom is -0.322 e. The maximum atomic E-state index is 13.5. The topological polar surface area (TPSA) is 71.1 Å². The van der Waals surface area contributed by atoms with Gasteiger partial charge in [-0.15, -0.1) is 0 Å². The van der Waals surface area contributed by atoms with E-state index in [9.17, 15) is 9.59 Å². The summed E-state index contributed by atoms with van der Waals surface area (Å²) < 4.78 is 0. The third-order valence-electron chi connectivity index (χ3n) is 6.05. The minimum absolute atomic E-state index is 0.211. The third-order valence-corrected chi connectivity index (χ3v) is 6.05. The van der Waals surface area contributed by atoms with Gasteiger partial charge in [-0.3, -0.25) is 9.59 Å². The van der Waals surface area contributed by atoms with Gasteiger partial charge in [0.1, 0.15) is 0 Å². The molecule has 0 bridgehead atoms. The number of hydrogen-bond donors (Lipinski definition) is 2. The number of amides is 2. The number of hydrogen-bond acceptors (Lipinski definition) is 3. The largest absolute Gasteiger partial charge is 0.322 e. The van der Waals surface area contributed by atoms with Gasteiger partial charge in [-0.25, -0.2) is 4.98 Å². The van der Waals surface area contributed by atoms with Gasteiger partial charge in [0.25, 0.3) is 11.8 Å². The quantitative estimate of drug-likeness (QED) is 0.289. The smallest absolute Gasteiger partial charge is 0.256 e. The summed E-state index contributed by atoms with van der Waals surface area (Å²) >= 11 is 0. The Labute approximate surface area is 209 Å². The van der Waals surface area contributed by atoms with E-state index in [1.165, 1.54) is 0 Å². The first-order chi connectivity index (χ1) is 17.5. The summed E-state index contributed by atoms with van der Waals surface area (Å²) in [6.07, 6.45) is 0. The average Bonchev–Trinajstić information content (AvgIpc) is 2.89. The number of para-hydroxylation sites is 1. The number of benzene rings is 4. The van der Waals surface area contributed by atoms with E-state index in [2.05, 4.69) is 10.6 Å². The number of aryl methyl sites for hydroxylation is 2. The Morgan fingerprint density at radius 1 is 0.667 bits per heavy atom. The number of pyridine rings is 1. The van der Waals surface area contributed by atoms with Crippen LogP contribution in [-0.2, 0) is 0 Å². The standard InChI is InChI=1S/C31H25N3O2/c1-20-14-16-22(17-15-20)28-19-27(26-13-6-8-21(2)29(26)34-28)31(36)33-25-12-7-11-24(18-25)32-30(35)23-9-4-3-5-10-23/h3-19H,1-2H3,(H,32,35)(H,33,36). The van der Waals surface area contributed by atoms with Crippen molar-refractivity contribution in [1.82, 2.24) is 4.98 Å². The predicted molar refractivity (Wildman–Crippen MR) is 145 cm³/mol. The van der Waals surface area contributed by atoms with Crippen LogP contribution in [-0.4, -0.2) is 16.8 Å². The molecule has 5 nitrogen and oxygen atoms in total. The molecule has 5 aromatic rings. The van der Waals surface area contributed by atoms with Gasteiger partial charge in [0, 0.05) is 27.9 Å². The van der Waals surface area contributed by atoms with Crippen LogP contribution in [0.5, 0.6) is 0 Å². The second-order valence-corrected chi connectivity index (χ2v) is 8.75. The summed E-state index contributed by atoms with van der Waals surface area (Å²) in [4.78, 5) is 30.9. The molecule has 0 aliphatic rings. The number of fused-ring (bicyclic) bond motifs is 1. The van der Waals surface area contributed by atoms with Crippen LogP contribution in [0.4, 0.5) is 11.4 Å². The molecule has 1 heterocycles. The summed E-state index contributed by atoms with van der Waals surface area (Å²) in [6.45, 7) is 4.03. The fourth-order valence-corrected chi connectivity index (χ4v) is 4.12. The molecule has 0 unspecified atom stereocenters. The van der Waals surface area contributed by atoms with E-state index in [4.69, 9.17) is 4.98 Å². The van der Waals surface area contributed by atoms with Crippen molar-refractivity contribution in [3.05, 3.63) is 125 Å². The molecule has 0 atom stereocenters. The molecule has 1 aromatic heterocycles. The van der Waals surface area contributed by atoms with E-state index in [1.54, 1.807) is 36.4 Å². The average molecular weight is 472 g/mol. The molecule has 0 saturated carbocycles. The van der Waals surface area contributed by atoms with Gasteiger partial charge in [-0.1, -0.05) is 72.3 Å². The molecule has 0 aliphatic heterocycles. The van der Waals surface area contributed by atoms with Crippen LogP contribution < -0.4 is 10.6 Å². The highest BCUT2D eigenvalue weighted by molar-refractivity contribution is 6.13. The van der Waals surface area contributed by atoms with Crippen molar-refractivity contribution in [2.75, 3.05) is 10.6 Å². The van der Waals surface area contributed by atoms with Crippen molar-refractivity contribution in [2.45, 2.75) is 13.8 Å². The molecule has 176 valence electrons. The van der Waals surface area contributed by atoms with Crippen molar-refractivity contribution in [2.24, 2.45) is 0 Å². The molecular weight excluding hydrogens is 446 g/mol. The predicted octanol–water partition coefficient (Wildman–Crippen LogP) is 7.02. The molecule has 2 N–H and O–H groups in total. The lowest BCUT2D eigenvalue weighted by Gasteiger charge is -2.13. The van der Waals surface area contributed by atoms with Crippen molar-refractivity contribution < 1.29 is 9.59 Å². The molecule has 5 heteroatoms. The molecule has 5 rings (SSSR count). The number of carbonyl (C=O) groups excluding carboxylic acids is 2. The van der Waals surface area contributed by atoms with Crippen LogP contribution in [0.25, 0.3) is 22.2 Å². The summed E-state index contributed by atoms with van der Waals surface area (Å²) in [5.41, 5.74) is 6.93. The van der Waals surface area contributed by atoms with Crippen LogP contribution in [0, 0.1) is 13.8 Å². The van der Waals surface area contributed by atoms with Gasteiger partial charge in [-0.2, -0.15) is 0 Å². The monoisotopic (exact) mass is 471 g/mol. The lowest BCUT2D eigenvalue weighted by molar-refractivity contribution is 0.102. The highest BCUT2D eigenvalue weighted by Crippen LogP contribution is 2.28. The van der Waals surface area contributed by atoms with E-state index in [1.807, 2.05) is 80.6 Å². The summed E-state index contributed by atoms with van der Waals surface area (Å²) in [5, 5.41) is 6.67. The maximum absolute atomic E-state index is 13.5. The van der Waals surface area contributed by atoms with E-state index in [0.29, 0.717) is 22.5 Å². The number of aromatic nitrogens is 1.